The van der Waals surface area contributed by atoms with Gasteiger partial charge in [-0.2, -0.15) is 0 Å². The van der Waals surface area contributed by atoms with Crippen LogP contribution in [0.5, 0.6) is 0 Å². The Balaban J connectivity index is 1.65. The first-order valence-corrected chi connectivity index (χ1v) is 8.06. The number of nitrogens with zero attached hydrogens (tertiary/aromatic N) is 1. The molecule has 0 aromatic carbocycles. The molecule has 1 amide bonds. The molecule has 1 aliphatic heterocycles. The summed E-state index contributed by atoms with van der Waals surface area (Å²) in [5.41, 5.74) is 0. The first-order valence-electron chi connectivity index (χ1n) is 8.06. The minimum Gasteiger partial charge on any atom is -0.389 e. The summed E-state index contributed by atoms with van der Waals surface area (Å²) in [6, 6.07) is 0.293. The SMILES string of the molecule is CCOC[C@H](O)CN1CCC([C@H](O)C(=O)NC2CC2)CC1. The number of hydrogen-bond acceptors (Lipinski definition) is 5. The van der Waals surface area contributed by atoms with Gasteiger partial charge in [0.25, 0.3) is 0 Å². The second-order valence-corrected chi connectivity index (χ2v) is 6.18. The molecule has 1 aliphatic carbocycles. The number of rotatable bonds is 8. The number of carbonyl (C=O) groups excluding carboxylic acids is 1. The summed E-state index contributed by atoms with van der Waals surface area (Å²) in [5.74, 6) is -0.184. The lowest BCUT2D eigenvalue weighted by atomic mass is 9.90. The molecule has 0 aromatic rings. The van der Waals surface area contributed by atoms with E-state index in [-0.39, 0.29) is 11.8 Å². The zero-order chi connectivity index (χ0) is 15.2. The van der Waals surface area contributed by atoms with Gasteiger partial charge in [-0.3, -0.25) is 4.79 Å². The van der Waals surface area contributed by atoms with Crippen LogP contribution in [0.3, 0.4) is 0 Å². The number of ether oxygens (including phenoxy) is 1. The second-order valence-electron chi connectivity index (χ2n) is 6.18. The lowest BCUT2D eigenvalue weighted by Gasteiger charge is -2.34. The van der Waals surface area contributed by atoms with Crippen LogP contribution in [0.1, 0.15) is 32.6 Å². The van der Waals surface area contributed by atoms with Crippen LogP contribution in [-0.2, 0) is 9.53 Å². The maximum absolute atomic E-state index is 11.8. The fourth-order valence-electron chi connectivity index (χ4n) is 2.78. The zero-order valence-electron chi connectivity index (χ0n) is 12.8. The highest BCUT2D eigenvalue weighted by Gasteiger charge is 2.33. The molecule has 2 rings (SSSR count). The predicted octanol–water partition coefficient (Wildman–Crippen LogP) is -0.265. The molecule has 1 heterocycles. The van der Waals surface area contributed by atoms with Gasteiger partial charge in [-0.1, -0.05) is 0 Å². The normalized spacial score (nSPS) is 23.8. The smallest absolute Gasteiger partial charge is 0.249 e. The van der Waals surface area contributed by atoms with E-state index in [1.54, 1.807) is 0 Å². The summed E-state index contributed by atoms with van der Waals surface area (Å²) in [4.78, 5) is 14.0. The van der Waals surface area contributed by atoms with Crippen LogP contribution < -0.4 is 5.32 Å². The van der Waals surface area contributed by atoms with Gasteiger partial charge in [0.2, 0.25) is 5.91 Å². The standard InChI is InChI=1S/C15H28N2O4/c1-2-21-10-13(18)9-17-7-5-11(6-8-17)14(19)15(20)16-12-3-4-12/h11-14,18-19H,2-10H2,1H3,(H,16,20)/t13-,14+/m1/s1. The van der Waals surface area contributed by atoms with Crippen molar-refractivity contribution in [2.24, 2.45) is 5.92 Å². The number of aliphatic hydroxyl groups excluding tert-OH is 2. The Kier molecular flexibility index (Phi) is 6.41. The fourth-order valence-corrected chi connectivity index (χ4v) is 2.78. The van der Waals surface area contributed by atoms with Crippen molar-refractivity contribution >= 4 is 5.91 Å². The summed E-state index contributed by atoms with van der Waals surface area (Å²) in [6.07, 6.45) is 2.30. The van der Waals surface area contributed by atoms with E-state index in [9.17, 15) is 15.0 Å². The molecule has 21 heavy (non-hydrogen) atoms. The first kappa shape index (κ1) is 16.7. The summed E-state index contributed by atoms with van der Waals surface area (Å²) < 4.78 is 5.20. The van der Waals surface area contributed by atoms with Crippen LogP contribution in [0, 0.1) is 5.92 Å². The number of aliphatic hydroxyl groups is 2. The van der Waals surface area contributed by atoms with E-state index in [1.807, 2.05) is 6.92 Å². The van der Waals surface area contributed by atoms with Gasteiger partial charge >= 0.3 is 0 Å². The maximum atomic E-state index is 11.8. The van der Waals surface area contributed by atoms with Gasteiger partial charge in [-0.05, 0) is 51.6 Å². The first-order chi connectivity index (χ1) is 10.1. The molecule has 1 saturated carbocycles. The van der Waals surface area contributed by atoms with Crippen LogP contribution >= 0.6 is 0 Å². The minimum atomic E-state index is -0.888. The molecule has 122 valence electrons. The maximum Gasteiger partial charge on any atom is 0.249 e. The Morgan fingerprint density at radius 1 is 1.29 bits per heavy atom. The molecule has 2 fully saturated rings. The van der Waals surface area contributed by atoms with Gasteiger partial charge in [0.05, 0.1) is 12.7 Å². The molecule has 0 bridgehead atoms. The molecule has 6 heteroatoms. The van der Waals surface area contributed by atoms with Crippen molar-refractivity contribution in [2.45, 2.75) is 50.9 Å². The monoisotopic (exact) mass is 300 g/mol. The van der Waals surface area contributed by atoms with Gasteiger partial charge in [0.15, 0.2) is 0 Å². The molecule has 0 unspecified atom stereocenters. The number of piperidine rings is 1. The van der Waals surface area contributed by atoms with Crippen molar-refractivity contribution in [3.05, 3.63) is 0 Å². The van der Waals surface area contributed by atoms with E-state index in [4.69, 9.17) is 4.74 Å². The Hall–Kier alpha value is -0.690. The van der Waals surface area contributed by atoms with E-state index in [0.717, 1.165) is 38.8 Å². The number of β-amino-alcohol motifs (C(OH)–C–C–N with tert-alkyl or cyclic N) is 1. The molecule has 2 atom stereocenters. The van der Waals surface area contributed by atoms with Gasteiger partial charge in [0.1, 0.15) is 6.10 Å². The number of amides is 1. The summed E-state index contributed by atoms with van der Waals surface area (Å²) in [7, 11) is 0. The van der Waals surface area contributed by atoms with Crippen molar-refractivity contribution in [2.75, 3.05) is 32.8 Å². The number of nitrogens with one attached hydrogen (secondary N) is 1. The highest BCUT2D eigenvalue weighted by Crippen LogP contribution is 2.23. The fraction of sp³-hybridized carbons (Fsp3) is 0.933. The zero-order valence-corrected chi connectivity index (χ0v) is 12.8. The largest absolute Gasteiger partial charge is 0.389 e. The third-order valence-electron chi connectivity index (χ3n) is 4.25. The molecule has 0 spiro atoms. The van der Waals surface area contributed by atoms with Crippen molar-refractivity contribution in [3.8, 4) is 0 Å². The summed E-state index contributed by atoms with van der Waals surface area (Å²) in [5, 5.41) is 22.8. The lowest BCUT2D eigenvalue weighted by molar-refractivity contribution is -0.133. The van der Waals surface area contributed by atoms with Crippen molar-refractivity contribution < 1.29 is 19.7 Å². The third-order valence-corrected chi connectivity index (χ3v) is 4.25. The van der Waals surface area contributed by atoms with Crippen molar-refractivity contribution in [3.63, 3.8) is 0 Å². The van der Waals surface area contributed by atoms with Gasteiger partial charge in [-0.25, -0.2) is 0 Å². The quantitative estimate of drug-likeness (QED) is 0.575. The second kappa shape index (κ2) is 8.08. The topological polar surface area (TPSA) is 82.0 Å². The van der Waals surface area contributed by atoms with Crippen molar-refractivity contribution in [1.29, 1.82) is 0 Å². The van der Waals surface area contributed by atoms with Gasteiger partial charge in [0, 0.05) is 19.2 Å². The predicted molar refractivity (Wildman–Crippen MR) is 78.8 cm³/mol. The molecule has 0 radical (unpaired) electrons. The number of hydrogen-bond donors (Lipinski definition) is 3. The Morgan fingerprint density at radius 2 is 1.95 bits per heavy atom. The summed E-state index contributed by atoms with van der Waals surface area (Å²) >= 11 is 0. The highest BCUT2D eigenvalue weighted by molar-refractivity contribution is 5.81. The third kappa shape index (κ3) is 5.54. The molecule has 0 aromatic heterocycles. The number of carbonyl (C=O) groups is 1. The Morgan fingerprint density at radius 3 is 2.52 bits per heavy atom. The molecular weight excluding hydrogens is 272 g/mol. The van der Waals surface area contributed by atoms with E-state index in [2.05, 4.69) is 10.2 Å². The molecule has 6 nitrogen and oxygen atoms in total. The van der Waals surface area contributed by atoms with E-state index in [1.165, 1.54) is 0 Å². The van der Waals surface area contributed by atoms with Crippen LogP contribution in [0.25, 0.3) is 0 Å². The van der Waals surface area contributed by atoms with E-state index >= 15 is 0 Å². The average Bonchev–Trinajstić information content (AvgIpc) is 3.29. The van der Waals surface area contributed by atoms with Crippen LogP contribution in [-0.4, -0.2) is 72.1 Å². The van der Waals surface area contributed by atoms with Gasteiger partial charge in [-0.15, -0.1) is 0 Å². The Labute approximate surface area is 126 Å². The van der Waals surface area contributed by atoms with Crippen LogP contribution in [0.15, 0.2) is 0 Å². The van der Waals surface area contributed by atoms with Crippen LogP contribution in [0.4, 0.5) is 0 Å². The highest BCUT2D eigenvalue weighted by atomic mass is 16.5. The van der Waals surface area contributed by atoms with Gasteiger partial charge < -0.3 is 25.2 Å². The van der Waals surface area contributed by atoms with Crippen molar-refractivity contribution in [1.82, 2.24) is 10.2 Å². The minimum absolute atomic E-state index is 0.0315. The van der Waals surface area contributed by atoms with Crippen LogP contribution in [0.2, 0.25) is 0 Å². The lowest BCUT2D eigenvalue weighted by Crippen LogP contribution is -2.46. The van der Waals surface area contributed by atoms with E-state index in [0.29, 0.717) is 25.8 Å². The average molecular weight is 300 g/mol. The summed E-state index contributed by atoms with van der Waals surface area (Å²) in [6.45, 7) is 5.09. The number of likely N-dealkylation sites (tertiary alicyclic amines) is 1. The van der Waals surface area contributed by atoms with E-state index < -0.39 is 12.2 Å². The molecular formula is C15H28N2O4. The molecule has 3 N–H and O–H groups in total. The molecule has 1 saturated heterocycles. The Bertz CT molecular complexity index is 328. The molecule has 2 aliphatic rings.